The minimum absolute atomic E-state index is 0.00505. The van der Waals surface area contributed by atoms with Crippen molar-refractivity contribution < 1.29 is 28.8 Å². The zero-order valence-corrected chi connectivity index (χ0v) is 15.0. The summed E-state index contributed by atoms with van der Waals surface area (Å²) in [7, 11) is 0. The van der Waals surface area contributed by atoms with Crippen LogP contribution in [-0.4, -0.2) is 47.4 Å². The first-order chi connectivity index (χ1) is 13.4. The van der Waals surface area contributed by atoms with Crippen molar-refractivity contribution in [1.82, 2.24) is 4.90 Å². The molecule has 3 rings (SSSR count). The summed E-state index contributed by atoms with van der Waals surface area (Å²) in [6.07, 6.45) is 0. The average molecular weight is 405 g/mol. The number of benzene rings is 2. The summed E-state index contributed by atoms with van der Waals surface area (Å²) < 4.78 is 10.3. The van der Waals surface area contributed by atoms with Crippen molar-refractivity contribution in [2.45, 2.75) is 0 Å². The van der Waals surface area contributed by atoms with Gasteiger partial charge in [0, 0.05) is 12.1 Å². The summed E-state index contributed by atoms with van der Waals surface area (Å²) in [5.74, 6) is -1.87. The van der Waals surface area contributed by atoms with Gasteiger partial charge in [-0.3, -0.25) is 29.4 Å². The third kappa shape index (κ3) is 3.94. The fraction of sp³-hybridized carbons (Fsp3) is 0.167. The topological polar surface area (TPSA) is 116 Å². The molecule has 0 saturated heterocycles. The molecule has 2 aromatic rings. The number of ether oxygens (including phenoxy) is 2. The summed E-state index contributed by atoms with van der Waals surface area (Å²) in [5.41, 5.74) is -0.430. The third-order valence-corrected chi connectivity index (χ3v) is 4.21. The van der Waals surface area contributed by atoms with Crippen LogP contribution in [0.2, 0.25) is 5.02 Å². The van der Waals surface area contributed by atoms with E-state index in [-0.39, 0.29) is 30.0 Å². The molecule has 2 aromatic carbocycles. The standard InChI is InChI=1S/C18H13ClN2O7/c19-14-3-1-2-4-15(14)27-7-8-28-16(22)10-20-17(23)12-6-5-11(21(25)26)9-13(12)18(20)24/h1-6,9H,7-8,10H2. The Morgan fingerprint density at radius 2 is 1.79 bits per heavy atom. The molecule has 1 aliphatic rings. The molecule has 0 aromatic heterocycles. The van der Waals surface area contributed by atoms with Crippen LogP contribution in [0.25, 0.3) is 0 Å². The van der Waals surface area contributed by atoms with Gasteiger partial charge < -0.3 is 9.47 Å². The van der Waals surface area contributed by atoms with E-state index in [0.717, 1.165) is 12.1 Å². The van der Waals surface area contributed by atoms with Crippen LogP contribution in [0.5, 0.6) is 5.75 Å². The first-order valence-corrected chi connectivity index (χ1v) is 8.44. The lowest BCUT2D eigenvalue weighted by Crippen LogP contribution is -2.36. The van der Waals surface area contributed by atoms with Crippen molar-refractivity contribution in [3.05, 3.63) is 68.7 Å². The second kappa shape index (κ2) is 8.05. The van der Waals surface area contributed by atoms with E-state index in [1.807, 2.05) is 0 Å². The van der Waals surface area contributed by atoms with E-state index in [1.165, 1.54) is 6.07 Å². The SMILES string of the molecule is O=C(CN1C(=O)c2ccc([N+](=O)[O-])cc2C1=O)OCCOc1ccccc1Cl. The molecule has 0 aliphatic carbocycles. The lowest BCUT2D eigenvalue weighted by Gasteiger charge is -2.13. The number of imide groups is 1. The number of hydrogen-bond acceptors (Lipinski definition) is 7. The number of nitro benzene ring substituents is 1. The highest BCUT2D eigenvalue weighted by atomic mass is 35.5. The summed E-state index contributed by atoms with van der Waals surface area (Å²) in [4.78, 5) is 47.3. The van der Waals surface area contributed by atoms with Crippen LogP contribution in [0.15, 0.2) is 42.5 Å². The van der Waals surface area contributed by atoms with Crippen LogP contribution in [0, 0.1) is 10.1 Å². The largest absolute Gasteiger partial charge is 0.488 e. The zero-order valence-electron chi connectivity index (χ0n) is 14.3. The van der Waals surface area contributed by atoms with E-state index in [1.54, 1.807) is 24.3 Å². The second-order valence-electron chi connectivity index (χ2n) is 5.68. The number of fused-ring (bicyclic) bond motifs is 1. The summed E-state index contributed by atoms with van der Waals surface area (Å²) in [6.45, 7) is -0.686. The number of non-ortho nitro benzene ring substituents is 1. The summed E-state index contributed by atoms with van der Waals surface area (Å²) in [5, 5.41) is 11.2. The van der Waals surface area contributed by atoms with Gasteiger partial charge in [0.15, 0.2) is 0 Å². The second-order valence-corrected chi connectivity index (χ2v) is 6.09. The maximum Gasteiger partial charge on any atom is 0.326 e. The molecule has 0 radical (unpaired) electrons. The van der Waals surface area contributed by atoms with Gasteiger partial charge in [0.2, 0.25) is 0 Å². The van der Waals surface area contributed by atoms with Gasteiger partial charge in [-0.25, -0.2) is 0 Å². The first kappa shape index (κ1) is 19.3. The molecule has 144 valence electrons. The number of esters is 1. The highest BCUT2D eigenvalue weighted by molar-refractivity contribution is 6.32. The van der Waals surface area contributed by atoms with Gasteiger partial charge in [-0.05, 0) is 18.2 Å². The number of nitrogens with zero attached hydrogens (tertiary/aromatic N) is 2. The Bertz CT molecular complexity index is 976. The molecule has 1 aliphatic heterocycles. The Balaban J connectivity index is 1.54. The Kier molecular flexibility index (Phi) is 5.55. The molecule has 2 amide bonds. The quantitative estimate of drug-likeness (QED) is 0.229. The fourth-order valence-electron chi connectivity index (χ4n) is 2.58. The van der Waals surface area contributed by atoms with Crippen molar-refractivity contribution in [3.8, 4) is 5.75 Å². The molecule has 0 N–H and O–H groups in total. The van der Waals surface area contributed by atoms with Gasteiger partial charge in [0.25, 0.3) is 17.5 Å². The van der Waals surface area contributed by atoms with Gasteiger partial charge in [-0.2, -0.15) is 0 Å². The van der Waals surface area contributed by atoms with Gasteiger partial charge in [-0.15, -0.1) is 0 Å². The van der Waals surface area contributed by atoms with Crippen LogP contribution in [-0.2, 0) is 9.53 Å². The van der Waals surface area contributed by atoms with Crippen molar-refractivity contribution in [2.75, 3.05) is 19.8 Å². The van der Waals surface area contributed by atoms with Gasteiger partial charge in [0.05, 0.1) is 21.1 Å². The molecule has 0 bridgehead atoms. The highest BCUT2D eigenvalue weighted by Crippen LogP contribution is 2.26. The van der Waals surface area contributed by atoms with Gasteiger partial charge in [-0.1, -0.05) is 23.7 Å². The number of rotatable bonds is 7. The van der Waals surface area contributed by atoms with Crippen LogP contribution in [0.3, 0.4) is 0 Å². The number of carbonyl (C=O) groups is 3. The minimum Gasteiger partial charge on any atom is -0.488 e. The Morgan fingerprint density at radius 3 is 2.50 bits per heavy atom. The van der Waals surface area contributed by atoms with E-state index in [4.69, 9.17) is 21.1 Å². The Labute approximate surface area is 163 Å². The fourth-order valence-corrected chi connectivity index (χ4v) is 2.77. The first-order valence-electron chi connectivity index (χ1n) is 8.06. The minimum atomic E-state index is -0.813. The zero-order chi connectivity index (χ0) is 20.3. The number of para-hydroxylation sites is 1. The van der Waals surface area contributed by atoms with E-state index < -0.39 is 29.3 Å². The normalized spacial score (nSPS) is 12.7. The molecule has 0 fully saturated rings. The molecule has 10 heteroatoms. The third-order valence-electron chi connectivity index (χ3n) is 3.89. The molecule has 1 heterocycles. The number of hydrogen-bond donors (Lipinski definition) is 0. The Morgan fingerprint density at radius 1 is 1.07 bits per heavy atom. The maximum atomic E-state index is 12.3. The summed E-state index contributed by atoms with van der Waals surface area (Å²) >= 11 is 5.93. The lowest BCUT2D eigenvalue weighted by molar-refractivity contribution is -0.384. The van der Waals surface area contributed by atoms with Crippen molar-refractivity contribution in [2.24, 2.45) is 0 Å². The van der Waals surface area contributed by atoms with Gasteiger partial charge in [0.1, 0.15) is 25.5 Å². The Hall–Kier alpha value is -3.46. The molecule has 9 nitrogen and oxygen atoms in total. The number of carbonyl (C=O) groups excluding carboxylic acids is 3. The predicted octanol–water partition coefficient (Wildman–Crippen LogP) is 2.47. The number of amides is 2. The molecule has 0 spiro atoms. The van der Waals surface area contributed by atoms with E-state index >= 15 is 0 Å². The number of halogens is 1. The molecular formula is C18H13ClN2O7. The lowest BCUT2D eigenvalue weighted by atomic mass is 10.1. The monoisotopic (exact) mass is 404 g/mol. The molecule has 0 unspecified atom stereocenters. The van der Waals surface area contributed by atoms with E-state index in [0.29, 0.717) is 15.7 Å². The molecule has 0 atom stereocenters. The molecule has 0 saturated carbocycles. The van der Waals surface area contributed by atoms with Crippen LogP contribution in [0.4, 0.5) is 5.69 Å². The van der Waals surface area contributed by atoms with E-state index in [9.17, 15) is 24.5 Å². The van der Waals surface area contributed by atoms with Crippen LogP contribution >= 0.6 is 11.6 Å². The van der Waals surface area contributed by atoms with Crippen LogP contribution in [0.1, 0.15) is 20.7 Å². The van der Waals surface area contributed by atoms with Crippen molar-refractivity contribution >= 4 is 35.1 Å². The van der Waals surface area contributed by atoms with Gasteiger partial charge >= 0.3 is 5.97 Å². The van der Waals surface area contributed by atoms with Crippen molar-refractivity contribution in [3.63, 3.8) is 0 Å². The average Bonchev–Trinajstić information content (AvgIpc) is 2.91. The highest BCUT2D eigenvalue weighted by Gasteiger charge is 2.38. The van der Waals surface area contributed by atoms with Crippen molar-refractivity contribution in [1.29, 1.82) is 0 Å². The predicted molar refractivity (Wildman–Crippen MR) is 96.4 cm³/mol. The maximum absolute atomic E-state index is 12.3. The van der Waals surface area contributed by atoms with Crippen LogP contribution < -0.4 is 4.74 Å². The molecular weight excluding hydrogens is 392 g/mol. The molecule has 28 heavy (non-hydrogen) atoms. The number of nitro groups is 1. The van der Waals surface area contributed by atoms with E-state index in [2.05, 4.69) is 0 Å². The summed E-state index contributed by atoms with van der Waals surface area (Å²) in [6, 6.07) is 10.1. The smallest absolute Gasteiger partial charge is 0.326 e.